The molecule has 11 heteroatoms. The van der Waals surface area contributed by atoms with E-state index in [0.29, 0.717) is 12.0 Å². The van der Waals surface area contributed by atoms with Crippen molar-refractivity contribution >= 4 is 23.7 Å². The number of aliphatic carboxylic acids is 1. The van der Waals surface area contributed by atoms with E-state index in [2.05, 4.69) is 10.6 Å². The third-order valence-electron chi connectivity index (χ3n) is 5.90. The fourth-order valence-electron chi connectivity index (χ4n) is 3.76. The molecule has 11 nitrogen and oxygen atoms in total. The second-order valence-corrected chi connectivity index (χ2v) is 8.96. The normalized spacial score (nSPS) is 19.2. The van der Waals surface area contributed by atoms with Crippen LogP contribution in [0.15, 0.2) is 24.3 Å². The number of carbonyl (C=O) groups is 4. The Morgan fingerprint density at radius 1 is 1.09 bits per heavy atom. The predicted molar refractivity (Wildman–Crippen MR) is 123 cm³/mol. The zero-order valence-electron chi connectivity index (χ0n) is 19.6. The maximum absolute atomic E-state index is 13.2. The molecule has 0 bridgehead atoms. The van der Waals surface area contributed by atoms with Crippen LogP contribution >= 0.6 is 0 Å². The fourth-order valence-corrected chi connectivity index (χ4v) is 3.76. The van der Waals surface area contributed by atoms with Gasteiger partial charge in [-0.1, -0.05) is 26.0 Å². The number of nitrogens with two attached hydrogens (primary N) is 1. The first-order chi connectivity index (χ1) is 15.9. The molecule has 1 heterocycles. The SMILES string of the molecule is CC(C)[C@H](N)C(=O)N[C@@H](Cc1ccc(O)cc1)C(=O)N[C@H](C(=O)N1CCC[C@H]1C(=O)O)[C@@H](C)O. The lowest BCUT2D eigenvalue weighted by Gasteiger charge is -2.30. The molecule has 0 aliphatic carbocycles. The zero-order valence-corrected chi connectivity index (χ0v) is 19.6. The summed E-state index contributed by atoms with van der Waals surface area (Å²) in [5.74, 6) is -3.30. The summed E-state index contributed by atoms with van der Waals surface area (Å²) < 4.78 is 0. The first-order valence-corrected chi connectivity index (χ1v) is 11.3. The summed E-state index contributed by atoms with van der Waals surface area (Å²) >= 11 is 0. The number of aliphatic hydroxyl groups is 1. The van der Waals surface area contributed by atoms with Gasteiger partial charge in [-0.15, -0.1) is 0 Å². The Kier molecular flexibility index (Phi) is 9.39. The Morgan fingerprint density at radius 2 is 1.71 bits per heavy atom. The number of benzene rings is 1. The van der Waals surface area contributed by atoms with E-state index in [4.69, 9.17) is 5.73 Å². The molecule has 1 aromatic carbocycles. The van der Waals surface area contributed by atoms with Crippen LogP contribution in [-0.2, 0) is 25.6 Å². The van der Waals surface area contributed by atoms with Gasteiger partial charge in [-0.2, -0.15) is 0 Å². The van der Waals surface area contributed by atoms with Gasteiger partial charge in [-0.3, -0.25) is 14.4 Å². The van der Waals surface area contributed by atoms with Gasteiger partial charge in [0.1, 0.15) is 23.9 Å². The lowest BCUT2D eigenvalue weighted by atomic mass is 10.0. The molecule has 0 radical (unpaired) electrons. The lowest BCUT2D eigenvalue weighted by molar-refractivity contribution is -0.150. The number of aromatic hydroxyl groups is 1. The number of rotatable bonds is 10. The molecular formula is C23H34N4O7. The Bertz CT molecular complexity index is 888. The van der Waals surface area contributed by atoms with Gasteiger partial charge in [-0.25, -0.2) is 4.79 Å². The zero-order chi connectivity index (χ0) is 25.6. The molecule has 1 aliphatic heterocycles. The van der Waals surface area contributed by atoms with Crippen LogP contribution in [0, 0.1) is 5.92 Å². The second-order valence-electron chi connectivity index (χ2n) is 8.96. The molecule has 0 saturated carbocycles. The predicted octanol–water partition coefficient (Wildman–Crippen LogP) is -0.656. The first kappa shape index (κ1) is 27.1. The summed E-state index contributed by atoms with van der Waals surface area (Å²) in [6.07, 6.45) is -0.496. The molecule has 188 valence electrons. The summed E-state index contributed by atoms with van der Waals surface area (Å²) in [4.78, 5) is 51.4. The maximum Gasteiger partial charge on any atom is 0.326 e. The van der Waals surface area contributed by atoms with E-state index >= 15 is 0 Å². The molecule has 1 aromatic rings. The average molecular weight is 479 g/mol. The third-order valence-corrected chi connectivity index (χ3v) is 5.90. The molecule has 1 fully saturated rings. The second kappa shape index (κ2) is 11.8. The molecule has 1 saturated heterocycles. The van der Waals surface area contributed by atoms with Gasteiger partial charge < -0.3 is 36.6 Å². The molecule has 34 heavy (non-hydrogen) atoms. The Hall–Kier alpha value is -3.18. The van der Waals surface area contributed by atoms with Gasteiger partial charge in [0.05, 0.1) is 12.1 Å². The van der Waals surface area contributed by atoms with Crippen molar-refractivity contribution in [3.05, 3.63) is 29.8 Å². The van der Waals surface area contributed by atoms with Crippen molar-refractivity contribution in [1.82, 2.24) is 15.5 Å². The van der Waals surface area contributed by atoms with Gasteiger partial charge >= 0.3 is 5.97 Å². The molecule has 1 aliphatic rings. The summed E-state index contributed by atoms with van der Waals surface area (Å²) in [6, 6.07) is 1.62. The van der Waals surface area contributed by atoms with Crippen LogP contribution in [0.3, 0.4) is 0 Å². The van der Waals surface area contributed by atoms with E-state index < -0.39 is 54.0 Å². The number of aliphatic hydroxyl groups excluding tert-OH is 1. The number of hydrogen-bond donors (Lipinski definition) is 6. The largest absolute Gasteiger partial charge is 0.508 e. The van der Waals surface area contributed by atoms with Crippen LogP contribution in [0.2, 0.25) is 0 Å². The summed E-state index contributed by atoms with van der Waals surface area (Å²) in [5, 5.41) is 34.2. The summed E-state index contributed by atoms with van der Waals surface area (Å²) in [7, 11) is 0. The van der Waals surface area contributed by atoms with Crippen molar-refractivity contribution in [2.24, 2.45) is 11.7 Å². The molecule has 7 N–H and O–H groups in total. The van der Waals surface area contributed by atoms with Gasteiger partial charge in [0.2, 0.25) is 17.7 Å². The number of carboxylic acid groups (broad SMARTS) is 1. The number of nitrogens with one attached hydrogen (secondary N) is 2. The van der Waals surface area contributed by atoms with E-state index in [1.54, 1.807) is 26.0 Å². The third kappa shape index (κ3) is 6.91. The maximum atomic E-state index is 13.2. The molecule has 3 amide bonds. The van der Waals surface area contributed by atoms with Crippen LogP contribution < -0.4 is 16.4 Å². The number of likely N-dealkylation sites (tertiary alicyclic amines) is 1. The molecule has 2 rings (SSSR count). The quantitative estimate of drug-likeness (QED) is 0.256. The monoisotopic (exact) mass is 478 g/mol. The van der Waals surface area contributed by atoms with E-state index in [0.717, 1.165) is 4.90 Å². The van der Waals surface area contributed by atoms with E-state index in [-0.39, 0.29) is 31.1 Å². The highest BCUT2D eigenvalue weighted by Crippen LogP contribution is 2.19. The van der Waals surface area contributed by atoms with Crippen molar-refractivity contribution < 1.29 is 34.5 Å². The van der Waals surface area contributed by atoms with Crippen molar-refractivity contribution in [3.63, 3.8) is 0 Å². The minimum absolute atomic E-state index is 0.0326. The molecule has 5 atom stereocenters. The highest BCUT2D eigenvalue weighted by Gasteiger charge is 2.40. The van der Waals surface area contributed by atoms with Crippen LogP contribution in [0.5, 0.6) is 5.75 Å². The Labute approximate surface area is 198 Å². The van der Waals surface area contributed by atoms with Crippen LogP contribution in [0.1, 0.15) is 39.2 Å². The number of carboxylic acids is 1. The first-order valence-electron chi connectivity index (χ1n) is 11.3. The number of carbonyl (C=O) groups excluding carboxylic acids is 3. The van der Waals surface area contributed by atoms with Crippen LogP contribution in [0.4, 0.5) is 0 Å². The smallest absolute Gasteiger partial charge is 0.326 e. The van der Waals surface area contributed by atoms with E-state index in [1.165, 1.54) is 19.1 Å². The van der Waals surface area contributed by atoms with E-state index in [9.17, 15) is 34.5 Å². The minimum Gasteiger partial charge on any atom is -0.508 e. The lowest BCUT2D eigenvalue weighted by Crippen LogP contribution is -2.60. The van der Waals surface area contributed by atoms with Crippen molar-refractivity contribution in [2.75, 3.05) is 6.54 Å². The highest BCUT2D eigenvalue weighted by atomic mass is 16.4. The van der Waals surface area contributed by atoms with Gasteiger partial charge in [0, 0.05) is 13.0 Å². The molecular weight excluding hydrogens is 444 g/mol. The van der Waals surface area contributed by atoms with Crippen molar-refractivity contribution in [1.29, 1.82) is 0 Å². The van der Waals surface area contributed by atoms with Gasteiger partial charge in [0.15, 0.2) is 0 Å². The number of hydrogen-bond acceptors (Lipinski definition) is 7. The number of amides is 3. The van der Waals surface area contributed by atoms with Crippen LogP contribution in [0.25, 0.3) is 0 Å². The topological polar surface area (TPSA) is 182 Å². The van der Waals surface area contributed by atoms with Crippen LogP contribution in [-0.4, -0.2) is 80.7 Å². The Balaban J connectivity index is 2.24. The Morgan fingerprint density at radius 3 is 2.24 bits per heavy atom. The highest BCUT2D eigenvalue weighted by molar-refractivity contribution is 5.94. The standard InChI is InChI=1S/C23H34N4O7/c1-12(2)18(24)21(31)25-16(11-14-6-8-15(29)9-7-14)20(30)26-19(13(3)28)22(32)27-10-4-5-17(27)23(33)34/h6-9,12-13,16-19,28-29H,4-5,10-11,24H2,1-3H3,(H,25,31)(H,26,30)(H,33,34)/t13-,16+,17+,18+,19+/m1/s1. The molecule has 0 spiro atoms. The molecule has 0 aromatic heterocycles. The number of phenolic OH excluding ortho intramolecular Hbond substituents is 1. The number of phenols is 1. The van der Waals surface area contributed by atoms with E-state index in [1.807, 2.05) is 0 Å². The summed E-state index contributed by atoms with van der Waals surface area (Å²) in [5.41, 5.74) is 6.54. The minimum atomic E-state index is -1.40. The van der Waals surface area contributed by atoms with Gasteiger partial charge in [-0.05, 0) is 43.4 Å². The van der Waals surface area contributed by atoms with Crippen molar-refractivity contribution in [2.45, 2.75) is 70.3 Å². The fraction of sp³-hybridized carbons (Fsp3) is 0.565. The average Bonchev–Trinajstić information content (AvgIpc) is 3.27. The van der Waals surface area contributed by atoms with Crippen molar-refractivity contribution in [3.8, 4) is 5.75 Å². The summed E-state index contributed by atoms with van der Waals surface area (Å²) in [6.45, 7) is 5.04. The number of nitrogens with zero attached hydrogens (tertiary/aromatic N) is 1. The van der Waals surface area contributed by atoms with Gasteiger partial charge in [0.25, 0.3) is 0 Å². The molecule has 0 unspecified atom stereocenters.